The summed E-state index contributed by atoms with van der Waals surface area (Å²) in [4.78, 5) is 18.7. The van der Waals surface area contributed by atoms with Crippen molar-refractivity contribution in [1.82, 2.24) is 14.9 Å². The lowest BCUT2D eigenvalue weighted by Gasteiger charge is -2.29. The molecular formula is C28H26N4O3S. The predicted octanol–water partition coefficient (Wildman–Crippen LogP) is 5.23. The van der Waals surface area contributed by atoms with Crippen LogP contribution in [0.5, 0.6) is 5.75 Å². The van der Waals surface area contributed by atoms with Crippen molar-refractivity contribution in [3.8, 4) is 11.4 Å². The Morgan fingerprint density at radius 2 is 1.75 bits per heavy atom. The van der Waals surface area contributed by atoms with Crippen LogP contribution in [0.3, 0.4) is 0 Å². The Morgan fingerprint density at radius 3 is 2.42 bits per heavy atom. The first-order chi connectivity index (χ1) is 17.6. The molecule has 5 rings (SSSR count). The lowest BCUT2D eigenvalue weighted by Crippen LogP contribution is -2.30. The summed E-state index contributed by atoms with van der Waals surface area (Å²) >= 11 is 5.85. The number of anilines is 1. The number of methoxy groups -OCH3 is 1. The van der Waals surface area contributed by atoms with Gasteiger partial charge in [0.15, 0.2) is 5.11 Å². The zero-order valence-corrected chi connectivity index (χ0v) is 20.8. The number of hydrogen-bond acceptors (Lipinski definition) is 5. The number of hydrogen-bond donors (Lipinski definition) is 1. The third kappa shape index (κ3) is 4.43. The van der Waals surface area contributed by atoms with E-state index in [1.807, 2.05) is 73.8 Å². The molecule has 0 unspecified atom stereocenters. The lowest BCUT2D eigenvalue weighted by atomic mass is 10.0. The number of pyridine rings is 1. The van der Waals surface area contributed by atoms with Crippen molar-refractivity contribution >= 4 is 29.0 Å². The second kappa shape index (κ2) is 10.2. The van der Waals surface area contributed by atoms with Gasteiger partial charge in [-0.05, 0) is 91.9 Å². The number of thiocarbonyl (C=S) groups is 1. The fourth-order valence-electron chi connectivity index (χ4n) is 4.55. The molecule has 1 aliphatic rings. The molecule has 36 heavy (non-hydrogen) atoms. The van der Waals surface area contributed by atoms with Crippen LogP contribution in [0, 0.1) is 0 Å². The Balaban J connectivity index is 1.59. The summed E-state index contributed by atoms with van der Waals surface area (Å²) in [5.74, 6) is 0.447. The molecule has 3 heterocycles. The van der Waals surface area contributed by atoms with Gasteiger partial charge in [-0.1, -0.05) is 6.07 Å². The highest BCUT2D eigenvalue weighted by Gasteiger charge is 2.42. The van der Waals surface area contributed by atoms with Crippen molar-refractivity contribution in [2.75, 3.05) is 18.6 Å². The van der Waals surface area contributed by atoms with E-state index in [0.717, 1.165) is 28.5 Å². The molecule has 7 nitrogen and oxygen atoms in total. The largest absolute Gasteiger partial charge is 0.494 e. The van der Waals surface area contributed by atoms with E-state index in [1.54, 1.807) is 18.3 Å². The molecule has 182 valence electrons. The summed E-state index contributed by atoms with van der Waals surface area (Å²) in [5, 5.41) is 4.12. The van der Waals surface area contributed by atoms with E-state index in [1.165, 1.54) is 7.11 Å². The first kappa shape index (κ1) is 23.6. The Bertz CT molecular complexity index is 1350. The van der Waals surface area contributed by atoms with Crippen molar-refractivity contribution in [3.63, 3.8) is 0 Å². The van der Waals surface area contributed by atoms with Gasteiger partial charge in [-0.15, -0.1) is 0 Å². The van der Waals surface area contributed by atoms with Crippen molar-refractivity contribution in [1.29, 1.82) is 0 Å². The maximum absolute atomic E-state index is 11.9. The summed E-state index contributed by atoms with van der Waals surface area (Å²) in [6.45, 7) is 2.57. The molecule has 0 saturated carbocycles. The van der Waals surface area contributed by atoms with E-state index in [-0.39, 0.29) is 18.1 Å². The van der Waals surface area contributed by atoms with Crippen LogP contribution in [-0.2, 0) is 4.74 Å². The highest BCUT2D eigenvalue weighted by molar-refractivity contribution is 7.80. The standard InChI is InChI=1S/C28H26N4O3S/c1-3-35-22-15-13-21(14-16-22)32-26(25(30-28(32)36)23-7-4-5-17-29-23)24-8-6-18-31(24)20-11-9-19(10-12-20)27(33)34-2/h4-18,25-26H,3H2,1-2H3,(H,30,36)/t25-,26-/m0/s1. The Hall–Kier alpha value is -4.17. The van der Waals surface area contributed by atoms with Crippen LogP contribution in [0.2, 0.25) is 0 Å². The molecule has 0 aliphatic carbocycles. The molecule has 0 spiro atoms. The number of ether oxygens (including phenoxy) is 2. The van der Waals surface area contributed by atoms with E-state index in [0.29, 0.717) is 17.3 Å². The van der Waals surface area contributed by atoms with Gasteiger partial charge >= 0.3 is 5.97 Å². The number of carbonyl (C=O) groups is 1. The Kier molecular flexibility index (Phi) is 6.69. The van der Waals surface area contributed by atoms with Gasteiger partial charge in [-0.2, -0.15) is 0 Å². The van der Waals surface area contributed by atoms with E-state index < -0.39 is 0 Å². The van der Waals surface area contributed by atoms with Crippen LogP contribution < -0.4 is 15.0 Å². The fraction of sp³-hybridized carbons (Fsp3) is 0.179. The van der Waals surface area contributed by atoms with Crippen molar-refractivity contribution in [2.45, 2.75) is 19.0 Å². The van der Waals surface area contributed by atoms with Crippen LogP contribution in [0.4, 0.5) is 5.69 Å². The number of benzene rings is 2. The number of nitrogens with zero attached hydrogens (tertiary/aromatic N) is 3. The van der Waals surface area contributed by atoms with Crippen molar-refractivity contribution < 1.29 is 14.3 Å². The van der Waals surface area contributed by atoms with Crippen LogP contribution in [0.1, 0.15) is 40.8 Å². The molecule has 0 amide bonds. The molecule has 1 N–H and O–H groups in total. The van der Waals surface area contributed by atoms with Crippen LogP contribution in [0.15, 0.2) is 91.3 Å². The van der Waals surface area contributed by atoms with E-state index in [2.05, 4.69) is 25.8 Å². The van der Waals surface area contributed by atoms with Crippen LogP contribution in [0.25, 0.3) is 5.69 Å². The number of carbonyl (C=O) groups excluding carboxylic acids is 1. The minimum atomic E-state index is -0.364. The van der Waals surface area contributed by atoms with Gasteiger partial charge in [0.25, 0.3) is 0 Å². The minimum Gasteiger partial charge on any atom is -0.494 e. The second-order valence-electron chi connectivity index (χ2n) is 8.27. The molecular weight excluding hydrogens is 472 g/mol. The van der Waals surface area contributed by atoms with E-state index >= 15 is 0 Å². The molecule has 0 bridgehead atoms. The molecule has 1 saturated heterocycles. The van der Waals surface area contributed by atoms with Gasteiger partial charge in [0, 0.05) is 29.5 Å². The Morgan fingerprint density at radius 1 is 1.00 bits per heavy atom. The molecule has 2 aromatic heterocycles. The minimum absolute atomic E-state index is 0.173. The normalized spacial score (nSPS) is 17.1. The average molecular weight is 499 g/mol. The molecule has 1 aliphatic heterocycles. The van der Waals surface area contributed by atoms with Gasteiger partial charge in [-0.25, -0.2) is 4.79 Å². The third-order valence-electron chi connectivity index (χ3n) is 6.17. The number of aromatic nitrogens is 2. The highest BCUT2D eigenvalue weighted by atomic mass is 32.1. The summed E-state index contributed by atoms with van der Waals surface area (Å²) in [6.07, 6.45) is 3.80. The fourth-order valence-corrected chi connectivity index (χ4v) is 4.90. The maximum atomic E-state index is 11.9. The van der Waals surface area contributed by atoms with Crippen molar-refractivity contribution in [2.24, 2.45) is 0 Å². The predicted molar refractivity (Wildman–Crippen MR) is 143 cm³/mol. The van der Waals surface area contributed by atoms with Crippen molar-refractivity contribution in [3.05, 3.63) is 108 Å². The third-order valence-corrected chi connectivity index (χ3v) is 6.49. The SMILES string of the molecule is CCOc1ccc(N2C(=S)N[C@@H](c3ccccn3)[C@@H]2c2cccn2-c2ccc(C(=O)OC)cc2)cc1. The van der Waals surface area contributed by atoms with E-state index in [9.17, 15) is 4.79 Å². The summed E-state index contributed by atoms with van der Waals surface area (Å²) < 4.78 is 12.6. The van der Waals surface area contributed by atoms with Crippen LogP contribution >= 0.6 is 12.2 Å². The molecule has 8 heteroatoms. The second-order valence-corrected chi connectivity index (χ2v) is 8.65. The smallest absolute Gasteiger partial charge is 0.337 e. The average Bonchev–Trinajstić information content (AvgIpc) is 3.54. The zero-order chi connectivity index (χ0) is 25.1. The highest BCUT2D eigenvalue weighted by Crippen LogP contribution is 2.42. The Labute approximate surface area is 215 Å². The molecule has 2 atom stereocenters. The first-order valence-electron chi connectivity index (χ1n) is 11.7. The van der Waals surface area contributed by atoms with Gasteiger partial charge < -0.3 is 24.3 Å². The van der Waals surface area contributed by atoms with E-state index in [4.69, 9.17) is 21.7 Å². The van der Waals surface area contributed by atoms with Crippen LogP contribution in [-0.4, -0.2) is 34.3 Å². The quantitative estimate of drug-likeness (QED) is 0.276. The monoisotopic (exact) mass is 498 g/mol. The van der Waals surface area contributed by atoms with Gasteiger partial charge in [-0.3, -0.25) is 4.98 Å². The maximum Gasteiger partial charge on any atom is 0.337 e. The first-order valence-corrected chi connectivity index (χ1v) is 12.1. The molecule has 1 fully saturated rings. The zero-order valence-electron chi connectivity index (χ0n) is 20.0. The lowest BCUT2D eigenvalue weighted by molar-refractivity contribution is 0.0600. The molecule has 0 radical (unpaired) electrons. The summed E-state index contributed by atoms with van der Waals surface area (Å²) in [5.41, 5.74) is 4.30. The molecule has 2 aromatic carbocycles. The number of esters is 1. The number of nitrogens with one attached hydrogen (secondary N) is 1. The summed E-state index contributed by atoms with van der Waals surface area (Å²) in [6, 6.07) is 24.9. The van der Waals surface area contributed by atoms with Gasteiger partial charge in [0.1, 0.15) is 11.8 Å². The summed E-state index contributed by atoms with van der Waals surface area (Å²) in [7, 11) is 1.38. The topological polar surface area (TPSA) is 68.6 Å². The van der Waals surface area contributed by atoms with Gasteiger partial charge in [0.05, 0.1) is 31.0 Å². The number of rotatable bonds is 7. The molecule has 4 aromatic rings. The van der Waals surface area contributed by atoms with Gasteiger partial charge in [0.2, 0.25) is 0 Å².